The van der Waals surface area contributed by atoms with Crippen LogP contribution in [-0.4, -0.2) is 36.4 Å². The minimum atomic E-state index is 0.0326. The quantitative estimate of drug-likeness (QED) is 0.923. The molecular weight excluding hydrogens is 284 g/mol. The predicted octanol–water partition coefficient (Wildman–Crippen LogP) is 3.44. The number of benzene rings is 1. The van der Waals surface area contributed by atoms with Crippen molar-refractivity contribution in [1.82, 2.24) is 4.98 Å². The van der Waals surface area contributed by atoms with Crippen LogP contribution in [0.15, 0.2) is 24.3 Å². The number of nitrogens with one attached hydrogen (secondary N) is 1. The molecule has 0 amide bonds. The van der Waals surface area contributed by atoms with Crippen LogP contribution < -0.4 is 5.32 Å². The Bertz CT molecular complexity index is 583. The number of anilines is 1. The third-order valence-corrected chi connectivity index (χ3v) is 5.49. The lowest BCUT2D eigenvalue weighted by Gasteiger charge is -2.43. The molecule has 3 heterocycles. The molecule has 0 radical (unpaired) electrons. The van der Waals surface area contributed by atoms with Crippen molar-refractivity contribution in [2.75, 3.05) is 25.1 Å². The summed E-state index contributed by atoms with van der Waals surface area (Å²) in [7, 11) is 0. The second-order valence-electron chi connectivity index (χ2n) is 5.96. The van der Waals surface area contributed by atoms with Gasteiger partial charge in [-0.05, 0) is 37.8 Å². The molecule has 0 aliphatic carbocycles. The van der Waals surface area contributed by atoms with Gasteiger partial charge < -0.3 is 14.8 Å². The minimum Gasteiger partial charge on any atom is -0.381 e. The summed E-state index contributed by atoms with van der Waals surface area (Å²) >= 11 is 1.74. The van der Waals surface area contributed by atoms with Crippen molar-refractivity contribution in [1.29, 1.82) is 0 Å². The van der Waals surface area contributed by atoms with Crippen LogP contribution in [0.25, 0.3) is 10.2 Å². The first-order valence-electron chi connectivity index (χ1n) is 7.67. The molecule has 2 aliphatic rings. The maximum atomic E-state index is 6.10. The standard InChI is InChI=1S/C16H20N2O2S/c1-2-4-14-13(3-1)18-15(21-14)17-12-5-8-20-16(11-12)6-9-19-10-7-16/h1-4,12H,5-11H2,(H,17,18). The minimum absolute atomic E-state index is 0.0326. The van der Waals surface area contributed by atoms with E-state index in [4.69, 9.17) is 9.47 Å². The zero-order chi connectivity index (χ0) is 14.1. The Morgan fingerprint density at radius 1 is 1.19 bits per heavy atom. The molecule has 2 fully saturated rings. The van der Waals surface area contributed by atoms with Gasteiger partial charge in [0.1, 0.15) is 0 Å². The fraction of sp³-hybridized carbons (Fsp3) is 0.562. The SMILES string of the molecule is c1ccc2sc(NC3CCOC4(CCOCC4)C3)nc2c1. The van der Waals surface area contributed by atoms with Crippen LogP contribution in [0, 0.1) is 0 Å². The van der Waals surface area contributed by atoms with Crippen LogP contribution in [0.2, 0.25) is 0 Å². The zero-order valence-electron chi connectivity index (χ0n) is 12.0. The van der Waals surface area contributed by atoms with Crippen molar-refractivity contribution in [3.8, 4) is 0 Å². The highest BCUT2D eigenvalue weighted by atomic mass is 32.1. The summed E-state index contributed by atoms with van der Waals surface area (Å²) in [5, 5.41) is 4.66. The summed E-state index contributed by atoms with van der Waals surface area (Å²) < 4.78 is 12.8. The molecule has 21 heavy (non-hydrogen) atoms. The Balaban J connectivity index is 1.48. The predicted molar refractivity (Wildman–Crippen MR) is 85.0 cm³/mol. The molecule has 1 atom stereocenters. The van der Waals surface area contributed by atoms with Gasteiger partial charge in [0, 0.05) is 25.9 Å². The van der Waals surface area contributed by atoms with E-state index in [1.54, 1.807) is 11.3 Å². The van der Waals surface area contributed by atoms with Gasteiger partial charge in [0.25, 0.3) is 0 Å². The summed E-state index contributed by atoms with van der Waals surface area (Å²) in [5.74, 6) is 0. The molecule has 1 N–H and O–H groups in total. The molecule has 1 unspecified atom stereocenters. The topological polar surface area (TPSA) is 43.4 Å². The number of hydrogen-bond donors (Lipinski definition) is 1. The summed E-state index contributed by atoms with van der Waals surface area (Å²) in [6.45, 7) is 2.49. The normalized spacial score (nSPS) is 25.2. The first-order valence-corrected chi connectivity index (χ1v) is 8.49. The second-order valence-corrected chi connectivity index (χ2v) is 7.00. The average molecular weight is 304 g/mol. The number of fused-ring (bicyclic) bond motifs is 1. The summed E-state index contributed by atoms with van der Waals surface area (Å²) in [4.78, 5) is 4.68. The van der Waals surface area contributed by atoms with Crippen molar-refractivity contribution in [3.63, 3.8) is 0 Å². The van der Waals surface area contributed by atoms with Crippen LogP contribution in [-0.2, 0) is 9.47 Å². The van der Waals surface area contributed by atoms with Crippen LogP contribution in [0.1, 0.15) is 25.7 Å². The van der Waals surface area contributed by atoms with Gasteiger partial charge in [0.05, 0.1) is 15.8 Å². The molecule has 1 spiro atoms. The van der Waals surface area contributed by atoms with Crippen molar-refractivity contribution in [2.24, 2.45) is 0 Å². The third kappa shape index (κ3) is 2.78. The van der Waals surface area contributed by atoms with Crippen LogP contribution in [0.3, 0.4) is 0 Å². The zero-order valence-corrected chi connectivity index (χ0v) is 12.8. The molecule has 4 nitrogen and oxygen atoms in total. The van der Waals surface area contributed by atoms with E-state index in [9.17, 15) is 0 Å². The van der Waals surface area contributed by atoms with Crippen molar-refractivity contribution in [2.45, 2.75) is 37.3 Å². The summed E-state index contributed by atoms with van der Waals surface area (Å²) in [5.41, 5.74) is 1.11. The van der Waals surface area contributed by atoms with E-state index < -0.39 is 0 Å². The lowest BCUT2D eigenvalue weighted by atomic mass is 9.84. The Kier molecular flexibility index (Phi) is 3.57. The van der Waals surface area contributed by atoms with E-state index in [-0.39, 0.29) is 5.60 Å². The highest BCUT2D eigenvalue weighted by Crippen LogP contribution is 2.36. The monoisotopic (exact) mass is 304 g/mol. The molecule has 5 heteroatoms. The smallest absolute Gasteiger partial charge is 0.184 e. The fourth-order valence-electron chi connectivity index (χ4n) is 3.35. The summed E-state index contributed by atoms with van der Waals surface area (Å²) in [6.07, 6.45) is 4.15. The Hall–Kier alpha value is -1.17. The van der Waals surface area contributed by atoms with E-state index in [0.717, 1.165) is 56.2 Å². The lowest BCUT2D eigenvalue weighted by molar-refractivity contribution is -0.135. The van der Waals surface area contributed by atoms with Gasteiger partial charge in [-0.1, -0.05) is 23.5 Å². The molecular formula is C16H20N2O2S. The molecule has 2 aromatic rings. The number of rotatable bonds is 2. The van der Waals surface area contributed by atoms with Gasteiger partial charge in [0.15, 0.2) is 5.13 Å². The van der Waals surface area contributed by atoms with Crippen molar-refractivity contribution >= 4 is 26.7 Å². The highest BCUT2D eigenvalue weighted by molar-refractivity contribution is 7.22. The second kappa shape index (κ2) is 5.55. The van der Waals surface area contributed by atoms with Gasteiger partial charge >= 0.3 is 0 Å². The first kappa shape index (κ1) is 13.5. The lowest BCUT2D eigenvalue weighted by Crippen LogP contribution is -2.47. The molecule has 112 valence electrons. The molecule has 0 saturated carbocycles. The highest BCUT2D eigenvalue weighted by Gasteiger charge is 2.39. The molecule has 4 rings (SSSR count). The van der Waals surface area contributed by atoms with E-state index in [1.165, 1.54) is 4.70 Å². The van der Waals surface area contributed by atoms with E-state index >= 15 is 0 Å². The molecule has 2 aliphatic heterocycles. The molecule has 1 aromatic carbocycles. The Labute approximate surface area is 128 Å². The van der Waals surface area contributed by atoms with Crippen molar-refractivity contribution in [3.05, 3.63) is 24.3 Å². The van der Waals surface area contributed by atoms with E-state index in [1.807, 2.05) is 6.07 Å². The molecule has 1 aromatic heterocycles. The number of thiazole rings is 1. The van der Waals surface area contributed by atoms with Gasteiger partial charge in [0.2, 0.25) is 0 Å². The number of para-hydroxylation sites is 1. The number of nitrogens with zero attached hydrogens (tertiary/aromatic N) is 1. The van der Waals surface area contributed by atoms with Crippen LogP contribution >= 0.6 is 11.3 Å². The average Bonchev–Trinajstić information content (AvgIpc) is 2.90. The largest absolute Gasteiger partial charge is 0.381 e. The van der Waals surface area contributed by atoms with Gasteiger partial charge in [-0.2, -0.15) is 0 Å². The molecule has 2 saturated heterocycles. The van der Waals surface area contributed by atoms with Crippen LogP contribution in [0.5, 0.6) is 0 Å². The number of hydrogen-bond acceptors (Lipinski definition) is 5. The molecule has 0 bridgehead atoms. The van der Waals surface area contributed by atoms with Gasteiger partial charge in [-0.15, -0.1) is 0 Å². The van der Waals surface area contributed by atoms with Crippen LogP contribution in [0.4, 0.5) is 5.13 Å². The fourth-order valence-corrected chi connectivity index (χ4v) is 4.29. The Morgan fingerprint density at radius 3 is 2.90 bits per heavy atom. The van der Waals surface area contributed by atoms with Gasteiger partial charge in [-0.3, -0.25) is 0 Å². The summed E-state index contributed by atoms with van der Waals surface area (Å²) in [6, 6.07) is 8.76. The third-order valence-electron chi connectivity index (χ3n) is 4.52. The maximum absolute atomic E-state index is 6.10. The maximum Gasteiger partial charge on any atom is 0.184 e. The van der Waals surface area contributed by atoms with Gasteiger partial charge in [-0.25, -0.2) is 4.98 Å². The van der Waals surface area contributed by atoms with E-state index in [2.05, 4.69) is 28.5 Å². The Morgan fingerprint density at radius 2 is 2.05 bits per heavy atom. The number of aromatic nitrogens is 1. The first-order chi connectivity index (χ1) is 10.3. The van der Waals surface area contributed by atoms with Crippen molar-refractivity contribution < 1.29 is 9.47 Å². The number of ether oxygens (including phenoxy) is 2. The van der Waals surface area contributed by atoms with E-state index in [0.29, 0.717) is 6.04 Å².